The van der Waals surface area contributed by atoms with Crippen LogP contribution < -0.4 is 11.1 Å². The molecule has 4 rings (SSSR count). The van der Waals surface area contributed by atoms with Gasteiger partial charge >= 0.3 is 0 Å². The smallest absolute Gasteiger partial charge is 0.0541 e. The molecule has 3 aromatic carbocycles. The first kappa shape index (κ1) is 15.9. The summed E-state index contributed by atoms with van der Waals surface area (Å²) in [6, 6.07) is 25.3. The summed E-state index contributed by atoms with van der Waals surface area (Å²) in [5, 5.41) is 6.03. The topological polar surface area (TPSA) is 38.0 Å². The maximum Gasteiger partial charge on any atom is 0.0541 e. The van der Waals surface area contributed by atoms with Crippen LogP contribution in [-0.4, -0.2) is 7.05 Å². The average molecular weight is 344 g/mol. The second-order valence-electron chi connectivity index (χ2n) is 6.08. The highest BCUT2D eigenvalue weighted by Gasteiger charge is 2.14. The molecule has 0 spiro atoms. The molecule has 4 aromatic rings. The molecule has 1 aromatic heterocycles. The molecular weight excluding hydrogens is 324 g/mol. The van der Waals surface area contributed by atoms with E-state index in [-0.39, 0.29) is 6.04 Å². The van der Waals surface area contributed by atoms with Gasteiger partial charge in [-0.3, -0.25) is 0 Å². The van der Waals surface area contributed by atoms with Crippen molar-refractivity contribution in [3.05, 3.63) is 90.0 Å². The van der Waals surface area contributed by atoms with E-state index < -0.39 is 0 Å². The van der Waals surface area contributed by atoms with E-state index in [0.717, 1.165) is 11.3 Å². The fraction of sp³-hybridized carbons (Fsp3) is 0.0909. The maximum absolute atomic E-state index is 6.35. The zero-order valence-corrected chi connectivity index (χ0v) is 14.9. The molecule has 0 bridgehead atoms. The van der Waals surface area contributed by atoms with Crippen LogP contribution in [0.5, 0.6) is 0 Å². The molecular formula is C22H20N2S. The van der Waals surface area contributed by atoms with Crippen molar-refractivity contribution in [1.29, 1.82) is 0 Å². The van der Waals surface area contributed by atoms with Gasteiger partial charge in [0.15, 0.2) is 0 Å². The summed E-state index contributed by atoms with van der Waals surface area (Å²) < 4.78 is 2.64. The van der Waals surface area contributed by atoms with Crippen molar-refractivity contribution in [3.63, 3.8) is 0 Å². The molecule has 1 heterocycles. The molecule has 2 nitrogen and oxygen atoms in total. The van der Waals surface area contributed by atoms with Crippen molar-refractivity contribution in [1.82, 2.24) is 5.32 Å². The average Bonchev–Trinajstić information content (AvgIpc) is 3.05. The van der Waals surface area contributed by atoms with Gasteiger partial charge in [0, 0.05) is 25.9 Å². The van der Waals surface area contributed by atoms with Crippen molar-refractivity contribution < 1.29 is 0 Å². The minimum atomic E-state index is 0.0666. The number of fused-ring (bicyclic) bond motifs is 3. The van der Waals surface area contributed by atoms with Gasteiger partial charge in [0.25, 0.3) is 0 Å². The molecule has 0 saturated heterocycles. The summed E-state index contributed by atoms with van der Waals surface area (Å²) in [5.74, 6) is 0. The first-order valence-corrected chi connectivity index (χ1v) is 9.19. The number of hydrogen-bond acceptors (Lipinski definition) is 3. The third kappa shape index (κ3) is 2.93. The van der Waals surface area contributed by atoms with Crippen LogP contribution in [0.2, 0.25) is 0 Å². The molecule has 0 aliphatic carbocycles. The van der Waals surface area contributed by atoms with Gasteiger partial charge < -0.3 is 11.1 Å². The van der Waals surface area contributed by atoms with Gasteiger partial charge in [0.1, 0.15) is 0 Å². The van der Waals surface area contributed by atoms with Gasteiger partial charge in [-0.05, 0) is 30.3 Å². The van der Waals surface area contributed by atoms with Crippen molar-refractivity contribution in [3.8, 4) is 0 Å². The molecule has 0 radical (unpaired) electrons. The van der Waals surface area contributed by atoms with E-state index >= 15 is 0 Å². The highest BCUT2D eigenvalue weighted by molar-refractivity contribution is 7.26. The Kier molecular flexibility index (Phi) is 4.26. The van der Waals surface area contributed by atoms with Crippen LogP contribution in [0.3, 0.4) is 0 Å². The summed E-state index contributed by atoms with van der Waals surface area (Å²) in [6.45, 7) is 0. The van der Waals surface area contributed by atoms with E-state index in [1.807, 2.05) is 48.7 Å². The van der Waals surface area contributed by atoms with Gasteiger partial charge in [0.2, 0.25) is 0 Å². The Morgan fingerprint density at radius 3 is 2.44 bits per heavy atom. The predicted octanol–water partition coefficient (Wildman–Crippen LogP) is 5.31. The lowest BCUT2D eigenvalue weighted by Crippen LogP contribution is -2.15. The number of thiophene rings is 1. The number of benzene rings is 3. The number of nitrogens with one attached hydrogen (secondary N) is 1. The van der Waals surface area contributed by atoms with Gasteiger partial charge in [-0.15, -0.1) is 11.3 Å². The fourth-order valence-corrected chi connectivity index (χ4v) is 4.50. The van der Waals surface area contributed by atoms with Gasteiger partial charge in [-0.1, -0.05) is 66.7 Å². The van der Waals surface area contributed by atoms with Crippen molar-refractivity contribution in [2.45, 2.75) is 6.04 Å². The maximum atomic E-state index is 6.35. The highest BCUT2D eigenvalue weighted by Crippen LogP contribution is 2.38. The molecule has 0 amide bonds. The minimum Gasteiger partial charge on any atom is -0.398 e. The van der Waals surface area contributed by atoms with E-state index in [1.54, 1.807) is 0 Å². The number of nitrogens with two attached hydrogens (primary N) is 1. The zero-order chi connectivity index (χ0) is 17.2. The minimum absolute atomic E-state index is 0.0666. The van der Waals surface area contributed by atoms with Gasteiger partial charge in [-0.2, -0.15) is 0 Å². The standard InChI is InChI=1S/C22H20N2S/c1-24-20(14-19(23)15-8-3-2-4-9-15)18-12-7-11-17-16-10-5-6-13-21(16)25-22(17)18/h2-14,20,24H,23H2,1H3/b19-14-. The van der Waals surface area contributed by atoms with Crippen molar-refractivity contribution >= 4 is 37.2 Å². The SMILES string of the molecule is CNC(/C=C(\N)c1ccccc1)c1cccc2c1sc1ccccc12. The molecule has 1 atom stereocenters. The second kappa shape index (κ2) is 6.71. The Bertz CT molecular complexity index is 1050. The van der Waals surface area contributed by atoms with E-state index in [2.05, 4.69) is 53.9 Å². The lowest BCUT2D eigenvalue weighted by molar-refractivity contribution is 0.721. The van der Waals surface area contributed by atoms with Crippen LogP contribution in [-0.2, 0) is 0 Å². The van der Waals surface area contributed by atoms with Crippen LogP contribution in [0.1, 0.15) is 17.2 Å². The van der Waals surface area contributed by atoms with E-state index in [0.29, 0.717) is 0 Å². The predicted molar refractivity (Wildman–Crippen MR) is 110 cm³/mol. The Labute approximate surface area is 151 Å². The molecule has 3 N–H and O–H groups in total. The number of hydrogen-bond donors (Lipinski definition) is 2. The van der Waals surface area contributed by atoms with Crippen LogP contribution in [0.15, 0.2) is 78.9 Å². The Hall–Kier alpha value is -2.62. The van der Waals surface area contributed by atoms with Gasteiger partial charge in [0.05, 0.1) is 6.04 Å². The molecule has 0 fully saturated rings. The monoisotopic (exact) mass is 344 g/mol. The Balaban J connectivity index is 1.84. The van der Waals surface area contributed by atoms with Crippen LogP contribution >= 0.6 is 11.3 Å². The lowest BCUT2D eigenvalue weighted by atomic mass is 10.0. The molecule has 1 unspecified atom stereocenters. The number of likely N-dealkylation sites (N-methyl/N-ethyl adjacent to an activating group) is 1. The molecule has 0 aliphatic rings. The number of rotatable bonds is 4. The highest BCUT2D eigenvalue weighted by atomic mass is 32.1. The molecule has 124 valence electrons. The summed E-state index contributed by atoms with van der Waals surface area (Å²) in [7, 11) is 1.98. The van der Waals surface area contributed by atoms with Crippen LogP contribution in [0, 0.1) is 0 Å². The van der Waals surface area contributed by atoms with Gasteiger partial charge in [-0.25, -0.2) is 0 Å². The van der Waals surface area contributed by atoms with E-state index in [4.69, 9.17) is 5.73 Å². The van der Waals surface area contributed by atoms with Crippen LogP contribution in [0.4, 0.5) is 0 Å². The largest absolute Gasteiger partial charge is 0.398 e. The molecule has 0 aliphatic heterocycles. The summed E-state index contributed by atoms with van der Waals surface area (Å²) in [6.07, 6.45) is 2.11. The van der Waals surface area contributed by atoms with Crippen molar-refractivity contribution in [2.75, 3.05) is 7.05 Å². The Morgan fingerprint density at radius 2 is 1.64 bits per heavy atom. The van der Waals surface area contributed by atoms with Crippen molar-refractivity contribution in [2.24, 2.45) is 5.73 Å². The summed E-state index contributed by atoms with van der Waals surface area (Å²) in [5.41, 5.74) is 9.45. The molecule has 25 heavy (non-hydrogen) atoms. The third-order valence-electron chi connectivity index (χ3n) is 4.53. The summed E-state index contributed by atoms with van der Waals surface area (Å²) in [4.78, 5) is 0. The van der Waals surface area contributed by atoms with E-state index in [9.17, 15) is 0 Å². The first-order chi connectivity index (χ1) is 12.3. The van der Waals surface area contributed by atoms with E-state index in [1.165, 1.54) is 25.7 Å². The molecule has 0 saturated carbocycles. The zero-order valence-electron chi connectivity index (χ0n) is 14.1. The fourth-order valence-electron chi connectivity index (χ4n) is 3.25. The van der Waals surface area contributed by atoms with Crippen LogP contribution in [0.25, 0.3) is 25.9 Å². The molecule has 3 heteroatoms. The quantitative estimate of drug-likeness (QED) is 0.526. The second-order valence-corrected chi connectivity index (χ2v) is 7.13. The Morgan fingerprint density at radius 1 is 0.920 bits per heavy atom. The normalized spacial score (nSPS) is 13.4. The summed E-state index contributed by atoms with van der Waals surface area (Å²) >= 11 is 1.84. The first-order valence-electron chi connectivity index (χ1n) is 8.38. The lowest BCUT2D eigenvalue weighted by Gasteiger charge is -2.15. The third-order valence-corrected chi connectivity index (χ3v) is 5.77.